The fourth-order valence-electron chi connectivity index (χ4n) is 10.4. The molecule has 4 rings (SSSR count). The molecule has 0 heterocycles. The van der Waals surface area contributed by atoms with Crippen LogP contribution in [0.4, 0.5) is 34.1 Å². The molecule has 0 bridgehead atoms. The minimum absolute atomic E-state index is 0. The summed E-state index contributed by atoms with van der Waals surface area (Å²) in [6, 6.07) is 7.75. The summed E-state index contributed by atoms with van der Waals surface area (Å²) in [6.07, 6.45) is 4.31. The van der Waals surface area contributed by atoms with Crippen LogP contribution in [0.2, 0.25) is 5.04 Å². The van der Waals surface area contributed by atoms with E-state index in [1.165, 1.54) is 99.8 Å². The minimum Gasteiger partial charge on any atom is -1.00 e. The van der Waals surface area contributed by atoms with Crippen molar-refractivity contribution in [1.29, 1.82) is 0 Å². The van der Waals surface area contributed by atoms with E-state index in [0.717, 1.165) is 0 Å². The fourth-order valence-corrected chi connectivity index (χ4v) is 17.6. The molecule has 0 aliphatic heterocycles. The van der Waals surface area contributed by atoms with Gasteiger partial charge in [-0.15, -0.1) is 6.92 Å². The minimum atomic E-state index is -3.32. The first kappa shape index (κ1) is 53.7. The van der Waals surface area contributed by atoms with Gasteiger partial charge in [-0.25, -0.2) is 5.57 Å². The van der Waals surface area contributed by atoms with E-state index in [1.54, 1.807) is 0 Å². The van der Waals surface area contributed by atoms with E-state index in [4.69, 9.17) is 0 Å². The van der Waals surface area contributed by atoms with Crippen molar-refractivity contribution in [2.24, 2.45) is 0 Å². The number of halogens is 3. The third-order valence-corrected chi connectivity index (χ3v) is 17.6. The van der Waals surface area contributed by atoms with Crippen LogP contribution in [0.5, 0.6) is 0 Å². The summed E-state index contributed by atoms with van der Waals surface area (Å²) in [5.41, 5.74) is 19.7. The fraction of sp³-hybridized carbons (Fsp3) is 0.511. The summed E-state index contributed by atoms with van der Waals surface area (Å²) in [4.78, 5) is 14.1. The van der Waals surface area contributed by atoms with Crippen molar-refractivity contribution in [2.45, 2.75) is 74.3 Å². The van der Waals surface area contributed by atoms with Crippen LogP contribution in [0.1, 0.15) is 61.1 Å². The number of hydrogen-bond acceptors (Lipinski definition) is 6. The van der Waals surface area contributed by atoms with Crippen LogP contribution in [0.25, 0.3) is 0 Å². The Labute approximate surface area is 376 Å². The zero-order chi connectivity index (χ0) is 39.7. The molecule has 1 unspecified atom stereocenters. The number of anilines is 6. The van der Waals surface area contributed by atoms with Crippen LogP contribution in [-0.2, 0) is 21.7 Å². The van der Waals surface area contributed by atoms with Crippen molar-refractivity contribution in [3.63, 3.8) is 0 Å². The van der Waals surface area contributed by atoms with Gasteiger partial charge in [0.15, 0.2) is 8.07 Å². The Hall–Kier alpha value is -2.26. The number of benzene rings is 3. The van der Waals surface area contributed by atoms with Gasteiger partial charge < -0.3 is 66.6 Å². The van der Waals surface area contributed by atoms with Crippen LogP contribution in [-0.4, -0.2) is 92.6 Å². The summed E-state index contributed by atoms with van der Waals surface area (Å²) in [5, 5.41) is 3.88. The number of hydrogen-bond donors (Lipinski definition) is 0. The predicted molar refractivity (Wildman–Crippen MR) is 238 cm³/mol. The first-order valence-electron chi connectivity index (χ1n) is 18.7. The average Bonchev–Trinajstić information content (AvgIpc) is 3.18. The van der Waals surface area contributed by atoms with E-state index in [-0.39, 0.29) is 58.9 Å². The molecule has 0 radical (unpaired) electrons. The monoisotopic (exact) mass is 874 g/mol. The maximum absolute atomic E-state index is 4.31. The van der Waals surface area contributed by atoms with E-state index in [2.05, 4.69) is 207 Å². The topological polar surface area (TPSA) is 19.4 Å². The summed E-state index contributed by atoms with van der Waals surface area (Å²) >= 11 is 0. The molecule has 0 aromatic heterocycles. The van der Waals surface area contributed by atoms with Crippen LogP contribution in [0, 0.1) is 47.6 Å². The maximum Gasteiger partial charge on any atom is 4.00 e. The third-order valence-electron chi connectivity index (χ3n) is 12.1. The molecule has 56 heavy (non-hydrogen) atoms. The second-order valence-corrected chi connectivity index (χ2v) is 21.0. The molecule has 1 aliphatic rings. The molecule has 1 atom stereocenters. The van der Waals surface area contributed by atoms with Gasteiger partial charge in [-0.1, -0.05) is 44.0 Å². The molecule has 0 N–H and O–H groups in total. The predicted octanol–water partition coefficient (Wildman–Crippen LogP) is -1.73. The first-order chi connectivity index (χ1) is 23.9. The van der Waals surface area contributed by atoms with Gasteiger partial charge in [-0.3, -0.25) is 6.08 Å². The van der Waals surface area contributed by atoms with Crippen molar-refractivity contribution in [3.8, 4) is 0 Å². The molecule has 1 aliphatic carbocycles. The van der Waals surface area contributed by atoms with Crippen molar-refractivity contribution >= 4 is 57.8 Å². The van der Waals surface area contributed by atoms with Gasteiger partial charge in [0.1, 0.15) is 0 Å². The summed E-state index contributed by atoms with van der Waals surface area (Å²) in [6.45, 7) is 23.5. The molecule has 6 nitrogen and oxygen atoms in total. The smallest absolute Gasteiger partial charge is 1.00 e. The zero-order valence-corrected chi connectivity index (χ0v) is 43.4. The molecule has 0 fully saturated rings. The van der Waals surface area contributed by atoms with Crippen molar-refractivity contribution < 1.29 is 58.9 Å². The molecular weight excluding hydrogens is 807 g/mol. The van der Waals surface area contributed by atoms with Crippen molar-refractivity contribution in [1.82, 2.24) is 0 Å². The summed E-state index contributed by atoms with van der Waals surface area (Å²) < 4.78 is 0. The largest absolute Gasteiger partial charge is 4.00 e. The molecule has 0 spiro atoms. The van der Waals surface area contributed by atoms with E-state index in [1.807, 2.05) is 0 Å². The molecule has 308 valence electrons. The molecular formula is C45H69Cl3N6SiTi. The van der Waals surface area contributed by atoms with Gasteiger partial charge in [-0.2, -0.15) is 11.1 Å². The number of nitrogens with zero attached hydrogens (tertiary/aromatic N) is 6. The Morgan fingerprint density at radius 3 is 0.839 bits per heavy atom. The molecule has 11 heteroatoms. The SMILES string of the molecule is CC1=[C-]C(C)([Si](c2cc(C)c(N(C)C)c(C)c2N(C)C)(c2cc(C)c(N(C)C)c(C)c2N(C)C)c2cc(C)c(N(C)C)c(C)c2N(C)C)C(C)=C1C.[Cl-].[Cl-].[Cl-].[Ti+4]. The van der Waals surface area contributed by atoms with Gasteiger partial charge in [0.05, 0.1) is 0 Å². The molecule has 0 saturated heterocycles. The van der Waals surface area contributed by atoms with Crippen LogP contribution >= 0.6 is 0 Å². The third kappa shape index (κ3) is 8.16. The van der Waals surface area contributed by atoms with E-state index < -0.39 is 13.1 Å². The number of allylic oxidation sites excluding steroid dienone is 4. The summed E-state index contributed by atoms with van der Waals surface area (Å²) in [7, 11) is 23.2. The van der Waals surface area contributed by atoms with Gasteiger partial charge in [0, 0.05) is 119 Å². The number of aryl methyl sites for hydroxylation is 3. The average molecular weight is 876 g/mol. The van der Waals surface area contributed by atoms with E-state index in [0.29, 0.717) is 0 Å². The normalized spacial score (nSPS) is 14.9. The Kier molecular flexibility index (Phi) is 18.4. The molecule has 0 saturated carbocycles. The van der Waals surface area contributed by atoms with E-state index in [9.17, 15) is 0 Å². The first-order valence-corrected chi connectivity index (χ1v) is 20.7. The van der Waals surface area contributed by atoms with Gasteiger partial charge >= 0.3 is 21.7 Å². The summed E-state index contributed by atoms with van der Waals surface area (Å²) in [5.74, 6) is 0. The van der Waals surface area contributed by atoms with Gasteiger partial charge in [-0.05, 0) is 90.5 Å². The van der Waals surface area contributed by atoms with E-state index >= 15 is 0 Å². The second kappa shape index (κ2) is 19.2. The van der Waals surface area contributed by atoms with Crippen molar-refractivity contribution in [3.05, 3.63) is 74.4 Å². The van der Waals surface area contributed by atoms with Crippen LogP contribution in [0.15, 0.2) is 34.9 Å². The molecule has 3 aromatic rings. The van der Waals surface area contributed by atoms with Gasteiger partial charge in [0.25, 0.3) is 0 Å². The number of rotatable bonds is 10. The Balaban J connectivity index is 0.00000756. The zero-order valence-electron chi connectivity index (χ0n) is 38.5. The van der Waals surface area contributed by atoms with Crippen LogP contribution in [0.3, 0.4) is 0 Å². The molecule has 0 amide bonds. The van der Waals surface area contributed by atoms with Gasteiger partial charge in [0.2, 0.25) is 0 Å². The standard InChI is InChI=1S/C45H69N6Si.3ClH.Ti/c1-27-23-36(42(49(17)18)32(6)39(27)46(11)12)52(45(10)26-30(4)31(5)35(45)9,37-24-28(2)40(47(13)14)33(7)43(37)50(19)20)38-25-29(3)41(48(15)16)34(8)44(38)51(21)22;;;;/h23-25H,1-22H3;3*1H;/q-1;;;;+4/p-3. The second-order valence-electron chi connectivity index (χ2n) is 16.9. The quantitative estimate of drug-likeness (QED) is 0.136. The Morgan fingerprint density at radius 1 is 0.429 bits per heavy atom. The Bertz CT molecular complexity index is 1800. The van der Waals surface area contributed by atoms with Crippen molar-refractivity contribution in [2.75, 3.05) is 114 Å². The molecule has 3 aromatic carbocycles. The Morgan fingerprint density at radius 2 is 0.661 bits per heavy atom. The van der Waals surface area contributed by atoms with Crippen LogP contribution < -0.4 is 82.2 Å². The maximum atomic E-state index is 4.31.